The van der Waals surface area contributed by atoms with Gasteiger partial charge in [0.05, 0.1) is 21.8 Å². The molecule has 0 aliphatic rings. The Balaban J connectivity index is 1.48. The topological polar surface area (TPSA) is 157 Å². The number of hydrogen-bond donors (Lipinski definition) is 3. The van der Waals surface area contributed by atoms with Crippen molar-refractivity contribution >= 4 is 33.7 Å². The van der Waals surface area contributed by atoms with Gasteiger partial charge in [0.2, 0.25) is 10.9 Å². The van der Waals surface area contributed by atoms with E-state index in [2.05, 4.69) is 0 Å². The van der Waals surface area contributed by atoms with Gasteiger partial charge in [-0.15, -0.1) is 0 Å². The maximum atomic E-state index is 12.6. The largest absolute Gasteiger partial charge is 0.491 e. The molecule has 38 heavy (non-hydrogen) atoms. The molecule has 0 unspecified atom stereocenters. The van der Waals surface area contributed by atoms with Gasteiger partial charge in [-0.3, -0.25) is 9.59 Å². The maximum absolute atomic E-state index is 12.6. The lowest BCUT2D eigenvalue weighted by Crippen LogP contribution is -2.25. The van der Waals surface area contributed by atoms with Crippen LogP contribution in [0.25, 0.3) is 21.8 Å². The minimum Gasteiger partial charge on any atom is -0.491 e. The van der Waals surface area contributed by atoms with Crippen LogP contribution in [0.5, 0.6) is 11.5 Å². The fourth-order valence-electron chi connectivity index (χ4n) is 4.19. The zero-order valence-electron chi connectivity index (χ0n) is 20.7. The molecule has 0 spiro atoms. The van der Waals surface area contributed by atoms with Gasteiger partial charge in [-0.25, -0.2) is 9.59 Å². The average molecular weight is 523 g/mol. The van der Waals surface area contributed by atoms with Gasteiger partial charge in [0.1, 0.15) is 41.9 Å². The number of carboxylic acid groups (broad SMARTS) is 2. The Morgan fingerprint density at radius 2 is 1.16 bits per heavy atom. The summed E-state index contributed by atoms with van der Waals surface area (Å²) in [6.07, 6.45) is 1.53. The van der Waals surface area contributed by atoms with Crippen LogP contribution < -0.4 is 20.3 Å². The summed E-state index contributed by atoms with van der Waals surface area (Å²) in [5.41, 5.74) is -0.832. The number of benzene rings is 2. The summed E-state index contributed by atoms with van der Waals surface area (Å²) >= 11 is 0. The van der Waals surface area contributed by atoms with Gasteiger partial charge in [0, 0.05) is 25.5 Å². The number of aromatic nitrogens is 2. The first-order valence-corrected chi connectivity index (χ1v) is 11.9. The first kappa shape index (κ1) is 26.4. The van der Waals surface area contributed by atoms with Crippen molar-refractivity contribution in [1.29, 1.82) is 0 Å². The number of ether oxygens (including phenoxy) is 2. The monoisotopic (exact) mass is 522 g/mol. The van der Waals surface area contributed by atoms with E-state index in [0.29, 0.717) is 24.1 Å². The number of fused-ring (bicyclic) bond motifs is 2. The minimum atomic E-state index is -1.32. The van der Waals surface area contributed by atoms with Crippen molar-refractivity contribution in [3.63, 3.8) is 0 Å². The number of aliphatic hydroxyl groups excluding tert-OH is 1. The van der Waals surface area contributed by atoms with Crippen LogP contribution in [0.3, 0.4) is 0 Å². The van der Waals surface area contributed by atoms with E-state index in [1.165, 1.54) is 24.5 Å². The summed E-state index contributed by atoms with van der Waals surface area (Å²) < 4.78 is 14.5. The van der Waals surface area contributed by atoms with Crippen molar-refractivity contribution in [2.45, 2.75) is 33.0 Å². The highest BCUT2D eigenvalue weighted by Gasteiger charge is 2.17. The van der Waals surface area contributed by atoms with E-state index in [4.69, 9.17) is 9.47 Å². The van der Waals surface area contributed by atoms with E-state index in [1.54, 1.807) is 33.4 Å². The Hall–Kier alpha value is -4.64. The molecule has 3 N–H and O–H groups in total. The molecule has 11 nitrogen and oxygen atoms in total. The van der Waals surface area contributed by atoms with Gasteiger partial charge < -0.3 is 33.9 Å². The molecule has 0 aliphatic carbocycles. The second-order valence-electron chi connectivity index (χ2n) is 8.56. The Labute approximate surface area is 215 Å². The molecule has 0 aliphatic heterocycles. The maximum Gasteiger partial charge on any atom is 0.341 e. The van der Waals surface area contributed by atoms with E-state index >= 15 is 0 Å². The van der Waals surface area contributed by atoms with E-state index in [1.807, 2.05) is 13.8 Å². The third kappa shape index (κ3) is 5.09. The molecule has 4 rings (SSSR count). The van der Waals surface area contributed by atoms with Crippen LogP contribution in [0.2, 0.25) is 0 Å². The number of nitrogens with zero attached hydrogens (tertiary/aromatic N) is 2. The second kappa shape index (κ2) is 10.8. The fourth-order valence-corrected chi connectivity index (χ4v) is 4.19. The Morgan fingerprint density at radius 3 is 1.50 bits per heavy atom. The molecule has 198 valence electrons. The van der Waals surface area contributed by atoms with Crippen LogP contribution in [0.15, 0.2) is 58.4 Å². The third-order valence-corrected chi connectivity index (χ3v) is 6.13. The SMILES string of the molecule is CCn1cc(C(=O)O)c(=O)c2cc(OCC(O)COc3ccc4c(c3)c(=O)c(C(=O)O)cn4CC)ccc21. The summed E-state index contributed by atoms with van der Waals surface area (Å²) in [6.45, 7) is 4.21. The molecule has 2 aromatic carbocycles. The predicted octanol–water partition coefficient (Wildman–Crippen LogP) is 2.57. The van der Waals surface area contributed by atoms with E-state index < -0.39 is 28.9 Å². The van der Waals surface area contributed by atoms with Gasteiger partial charge >= 0.3 is 11.9 Å². The molecule has 4 aromatic rings. The van der Waals surface area contributed by atoms with Gasteiger partial charge in [-0.1, -0.05) is 0 Å². The molecule has 2 heterocycles. The molecule has 0 atom stereocenters. The minimum absolute atomic E-state index is 0.185. The lowest BCUT2D eigenvalue weighted by molar-refractivity contribution is 0.0627. The van der Waals surface area contributed by atoms with Crippen molar-refractivity contribution in [2.75, 3.05) is 13.2 Å². The summed E-state index contributed by atoms with van der Waals surface area (Å²) in [5.74, 6) is -2.10. The molecule has 0 saturated heterocycles. The standard InChI is InChI=1S/C27H26N2O9/c1-3-28-11-20(26(33)34)24(31)18-9-16(5-7-22(18)28)37-13-15(30)14-38-17-6-8-23-19(10-17)25(32)21(27(35)36)12-29(23)4-2/h5-12,15,30H,3-4,13-14H2,1-2H3,(H,33,34)(H,35,36). The van der Waals surface area contributed by atoms with Crippen molar-refractivity contribution in [2.24, 2.45) is 0 Å². The second-order valence-corrected chi connectivity index (χ2v) is 8.56. The van der Waals surface area contributed by atoms with Gasteiger partial charge in [-0.05, 0) is 50.2 Å². The van der Waals surface area contributed by atoms with Crippen molar-refractivity contribution in [1.82, 2.24) is 9.13 Å². The highest BCUT2D eigenvalue weighted by molar-refractivity contribution is 5.93. The molecule has 11 heteroatoms. The van der Waals surface area contributed by atoms with Crippen LogP contribution in [0, 0.1) is 0 Å². The van der Waals surface area contributed by atoms with Crippen LogP contribution in [0.1, 0.15) is 34.6 Å². The summed E-state index contributed by atoms with van der Waals surface area (Å²) in [4.78, 5) is 48.2. The quantitative estimate of drug-likeness (QED) is 0.285. The number of rotatable bonds is 10. The average Bonchev–Trinajstić information content (AvgIpc) is 2.91. The molecule has 0 fully saturated rings. The first-order chi connectivity index (χ1) is 18.1. The Bertz CT molecular complexity index is 1550. The van der Waals surface area contributed by atoms with Crippen LogP contribution >= 0.6 is 0 Å². The highest BCUT2D eigenvalue weighted by atomic mass is 16.5. The first-order valence-electron chi connectivity index (χ1n) is 11.9. The van der Waals surface area contributed by atoms with E-state index in [9.17, 15) is 34.5 Å². The van der Waals surface area contributed by atoms with Crippen molar-refractivity contribution in [3.05, 3.63) is 80.4 Å². The smallest absolute Gasteiger partial charge is 0.341 e. The zero-order chi connectivity index (χ0) is 27.6. The number of carbonyl (C=O) groups is 2. The number of aliphatic hydroxyl groups is 1. The van der Waals surface area contributed by atoms with Gasteiger partial charge in [-0.2, -0.15) is 0 Å². The number of aryl methyl sites for hydroxylation is 2. The number of carboxylic acids is 2. The van der Waals surface area contributed by atoms with Crippen molar-refractivity contribution in [3.8, 4) is 11.5 Å². The summed E-state index contributed by atoms with van der Waals surface area (Å²) in [6, 6.07) is 9.40. The number of hydrogen-bond acceptors (Lipinski definition) is 7. The van der Waals surface area contributed by atoms with Crippen LogP contribution in [0.4, 0.5) is 0 Å². The van der Waals surface area contributed by atoms with E-state index in [0.717, 1.165) is 0 Å². The molecular formula is C27H26N2O9. The molecule has 2 aromatic heterocycles. The van der Waals surface area contributed by atoms with Gasteiger partial charge in [0.15, 0.2) is 0 Å². The molecule has 0 saturated carbocycles. The third-order valence-electron chi connectivity index (χ3n) is 6.13. The number of aromatic carboxylic acids is 2. The highest BCUT2D eigenvalue weighted by Crippen LogP contribution is 2.21. The Kier molecular flexibility index (Phi) is 7.49. The summed E-state index contributed by atoms with van der Waals surface area (Å²) in [5, 5.41) is 29.4. The lowest BCUT2D eigenvalue weighted by Gasteiger charge is -2.16. The van der Waals surface area contributed by atoms with Crippen molar-refractivity contribution < 1.29 is 34.4 Å². The molecule has 0 amide bonds. The molecule has 0 radical (unpaired) electrons. The van der Waals surface area contributed by atoms with Crippen LogP contribution in [-0.2, 0) is 13.1 Å². The normalized spacial score (nSPS) is 11.3. The Morgan fingerprint density at radius 1 is 0.763 bits per heavy atom. The predicted molar refractivity (Wildman–Crippen MR) is 139 cm³/mol. The number of pyridine rings is 2. The molecule has 0 bridgehead atoms. The molecular weight excluding hydrogens is 496 g/mol. The van der Waals surface area contributed by atoms with Crippen LogP contribution in [-0.4, -0.2) is 55.7 Å². The lowest BCUT2D eigenvalue weighted by atomic mass is 10.1. The fraction of sp³-hybridized carbons (Fsp3) is 0.259. The van der Waals surface area contributed by atoms with E-state index in [-0.39, 0.29) is 46.6 Å². The zero-order valence-corrected chi connectivity index (χ0v) is 20.7. The van der Waals surface area contributed by atoms with Gasteiger partial charge in [0.25, 0.3) is 0 Å². The summed E-state index contributed by atoms with van der Waals surface area (Å²) in [7, 11) is 0.